The number of hydrogen-bond acceptors (Lipinski definition) is 2. The van der Waals surface area contributed by atoms with Crippen LogP contribution in [0.5, 0.6) is 0 Å². The SMILES string of the molecule is O=c1ccopc1. The van der Waals surface area contributed by atoms with Crippen molar-refractivity contribution in [3.63, 3.8) is 0 Å². The number of hydrogen-bond donors (Lipinski definition) is 0. The van der Waals surface area contributed by atoms with E-state index in [2.05, 4.69) is 4.20 Å². The van der Waals surface area contributed by atoms with Crippen LogP contribution in [0.25, 0.3) is 0 Å². The molecule has 1 aromatic heterocycles. The molecule has 0 amide bonds. The molecule has 0 aliphatic heterocycles. The summed E-state index contributed by atoms with van der Waals surface area (Å²) in [6.45, 7) is 0. The highest BCUT2D eigenvalue weighted by atomic mass is 31.1. The first kappa shape index (κ1) is 4.54. The normalized spacial score (nSPS) is 9.71. The molecule has 0 radical (unpaired) electrons. The highest BCUT2D eigenvalue weighted by Gasteiger charge is 1.73. The van der Waals surface area contributed by atoms with Crippen LogP contribution in [-0.2, 0) is 0 Å². The summed E-state index contributed by atoms with van der Waals surface area (Å²) >= 11 is 0. The second-order valence-corrected chi connectivity index (χ2v) is 1.72. The van der Waals surface area contributed by atoms with Gasteiger partial charge in [0.1, 0.15) is 8.43 Å². The van der Waals surface area contributed by atoms with Crippen molar-refractivity contribution in [1.82, 2.24) is 0 Å². The van der Waals surface area contributed by atoms with E-state index in [-0.39, 0.29) is 5.43 Å². The summed E-state index contributed by atoms with van der Waals surface area (Å²) in [4.78, 5) is 10.2. The maximum absolute atomic E-state index is 10.2. The first-order valence-corrected chi connectivity index (χ1v) is 2.67. The molecular weight excluding hydrogens is 111 g/mol. The van der Waals surface area contributed by atoms with E-state index >= 15 is 0 Å². The van der Waals surface area contributed by atoms with Gasteiger partial charge in [-0.15, -0.1) is 0 Å². The Balaban J connectivity index is 3.28. The summed E-state index contributed by atoms with van der Waals surface area (Å²) in [5, 5.41) is 0. The van der Waals surface area contributed by atoms with Crippen molar-refractivity contribution in [2.75, 3.05) is 0 Å². The van der Waals surface area contributed by atoms with Crippen LogP contribution in [0, 0.1) is 0 Å². The maximum atomic E-state index is 10.2. The Bertz CT molecular complexity index is 175. The monoisotopic (exact) mass is 114 g/mol. The largest absolute Gasteiger partial charge is 0.447 e. The highest BCUT2D eigenvalue weighted by molar-refractivity contribution is 7.21. The van der Waals surface area contributed by atoms with Crippen molar-refractivity contribution in [3.05, 3.63) is 28.4 Å². The van der Waals surface area contributed by atoms with E-state index in [1.807, 2.05) is 0 Å². The van der Waals surface area contributed by atoms with Crippen LogP contribution in [0.2, 0.25) is 0 Å². The van der Waals surface area contributed by atoms with Crippen LogP contribution < -0.4 is 5.43 Å². The quantitative estimate of drug-likeness (QED) is 0.507. The summed E-state index contributed by atoms with van der Waals surface area (Å²) in [6.07, 6.45) is 1.39. The molecule has 2 nitrogen and oxygen atoms in total. The van der Waals surface area contributed by atoms with Gasteiger partial charge >= 0.3 is 0 Å². The predicted octanol–water partition coefficient (Wildman–Crippen LogP) is 1.22. The Labute approximate surface area is 42.0 Å². The van der Waals surface area contributed by atoms with E-state index in [1.54, 1.807) is 0 Å². The smallest absolute Gasteiger partial charge is 0.189 e. The molecule has 0 aliphatic carbocycles. The van der Waals surface area contributed by atoms with Crippen LogP contribution in [0.3, 0.4) is 0 Å². The van der Waals surface area contributed by atoms with Gasteiger partial charge in [0.15, 0.2) is 5.43 Å². The second-order valence-electron chi connectivity index (χ2n) is 1.05. The van der Waals surface area contributed by atoms with Crippen LogP contribution in [0.15, 0.2) is 27.1 Å². The summed E-state index contributed by atoms with van der Waals surface area (Å²) in [6, 6.07) is 1.39. The third-order valence-electron chi connectivity index (χ3n) is 0.534. The minimum absolute atomic E-state index is 0.0212. The molecule has 0 aromatic carbocycles. The van der Waals surface area contributed by atoms with Crippen LogP contribution in [0.1, 0.15) is 0 Å². The second kappa shape index (κ2) is 1.90. The molecular formula is C4H3O2P. The number of rotatable bonds is 0. The van der Waals surface area contributed by atoms with Gasteiger partial charge in [0.05, 0.1) is 6.26 Å². The molecule has 3 heteroatoms. The molecule has 7 heavy (non-hydrogen) atoms. The topological polar surface area (TPSA) is 30.2 Å². The Morgan fingerprint density at radius 3 is 2.86 bits per heavy atom. The lowest BCUT2D eigenvalue weighted by molar-refractivity contribution is 0.685. The van der Waals surface area contributed by atoms with Crippen molar-refractivity contribution in [2.45, 2.75) is 0 Å². The van der Waals surface area contributed by atoms with Gasteiger partial charge < -0.3 is 4.20 Å². The van der Waals surface area contributed by atoms with E-state index < -0.39 is 0 Å². The van der Waals surface area contributed by atoms with Crippen LogP contribution in [-0.4, -0.2) is 0 Å². The molecule has 0 bridgehead atoms. The van der Waals surface area contributed by atoms with E-state index in [0.717, 1.165) is 0 Å². The molecule has 1 aromatic rings. The lowest BCUT2D eigenvalue weighted by Gasteiger charge is -1.70. The molecule has 36 valence electrons. The Hall–Kier alpha value is -0.620. The molecule has 0 saturated heterocycles. The molecule has 0 unspecified atom stereocenters. The van der Waals surface area contributed by atoms with Gasteiger partial charge in [-0.25, -0.2) is 0 Å². The summed E-state index contributed by atoms with van der Waals surface area (Å²) in [5.41, 5.74) is 0.0212. The lowest BCUT2D eigenvalue weighted by Crippen LogP contribution is -1.88. The minimum Gasteiger partial charge on any atom is -0.447 e. The van der Waals surface area contributed by atoms with Crippen molar-refractivity contribution in [1.29, 1.82) is 0 Å². The predicted molar refractivity (Wildman–Crippen MR) is 27.5 cm³/mol. The van der Waals surface area contributed by atoms with Gasteiger partial charge in [-0.2, -0.15) is 0 Å². The summed E-state index contributed by atoms with van der Waals surface area (Å²) in [7, 11) is 0.631. The molecule has 0 aliphatic rings. The van der Waals surface area contributed by atoms with E-state index in [0.29, 0.717) is 8.43 Å². The van der Waals surface area contributed by atoms with Gasteiger partial charge in [-0.3, -0.25) is 4.79 Å². The zero-order valence-electron chi connectivity index (χ0n) is 3.50. The van der Waals surface area contributed by atoms with E-state index in [4.69, 9.17) is 0 Å². The van der Waals surface area contributed by atoms with E-state index in [9.17, 15) is 4.79 Å². The maximum Gasteiger partial charge on any atom is 0.189 e. The van der Waals surface area contributed by atoms with Gasteiger partial charge in [-0.1, -0.05) is 0 Å². The van der Waals surface area contributed by atoms with Gasteiger partial charge in [0.2, 0.25) is 0 Å². The fourth-order valence-electron chi connectivity index (χ4n) is 0.258. The average molecular weight is 114 g/mol. The molecule has 1 heterocycles. The minimum atomic E-state index is 0.0212. The van der Waals surface area contributed by atoms with Gasteiger partial charge in [-0.05, 0) is 0 Å². The van der Waals surface area contributed by atoms with Crippen molar-refractivity contribution in [3.8, 4) is 0 Å². The van der Waals surface area contributed by atoms with Crippen molar-refractivity contribution >= 4 is 8.43 Å². The highest BCUT2D eigenvalue weighted by Crippen LogP contribution is 1.93. The van der Waals surface area contributed by atoms with Crippen molar-refractivity contribution < 1.29 is 4.20 Å². The standard InChI is InChI=1S/C4H3O2P/c5-4-1-2-6-7-3-4/h1-3H. The van der Waals surface area contributed by atoms with Gasteiger partial charge in [0.25, 0.3) is 0 Å². The molecule has 0 N–H and O–H groups in total. The third-order valence-corrected chi connectivity index (χ3v) is 1.14. The Morgan fingerprint density at radius 2 is 2.57 bits per heavy atom. The Kier molecular flexibility index (Phi) is 1.23. The van der Waals surface area contributed by atoms with Crippen LogP contribution in [0.4, 0.5) is 0 Å². The van der Waals surface area contributed by atoms with Crippen LogP contribution >= 0.6 is 8.43 Å². The van der Waals surface area contributed by atoms with Crippen molar-refractivity contribution in [2.24, 2.45) is 0 Å². The molecule has 0 fully saturated rings. The molecule has 0 spiro atoms. The molecule has 0 atom stereocenters. The average Bonchev–Trinajstić information content (AvgIpc) is 1.69. The molecule has 0 saturated carbocycles. The first-order valence-electron chi connectivity index (χ1n) is 1.79. The first-order chi connectivity index (χ1) is 3.39. The fraction of sp³-hybridized carbons (Fsp3) is 0. The zero-order chi connectivity index (χ0) is 5.11. The van der Waals surface area contributed by atoms with E-state index in [1.165, 1.54) is 18.1 Å². The Morgan fingerprint density at radius 1 is 1.71 bits per heavy atom. The molecule has 1 rings (SSSR count). The van der Waals surface area contributed by atoms with Gasteiger partial charge in [0, 0.05) is 11.9 Å². The lowest BCUT2D eigenvalue weighted by atomic mass is 10.6. The zero-order valence-corrected chi connectivity index (χ0v) is 4.39. The summed E-state index contributed by atoms with van der Waals surface area (Å²) in [5.74, 6) is 1.46. The fourth-order valence-corrected chi connectivity index (χ4v) is 0.640. The third kappa shape index (κ3) is 1.13. The summed E-state index contributed by atoms with van der Waals surface area (Å²) < 4.78 is 4.66.